The third-order valence-electron chi connectivity index (χ3n) is 2.14. The molecule has 19 heavy (non-hydrogen) atoms. The smallest absolute Gasteiger partial charge is 0.337 e. The number of rotatable bonds is 5. The second-order valence-corrected chi connectivity index (χ2v) is 3.50. The zero-order chi connectivity index (χ0) is 14.4. The number of carboxylic acids is 1. The highest BCUT2D eigenvalue weighted by Gasteiger charge is 2.16. The highest BCUT2D eigenvalue weighted by molar-refractivity contribution is 6.01. The van der Waals surface area contributed by atoms with E-state index >= 15 is 0 Å². The summed E-state index contributed by atoms with van der Waals surface area (Å²) >= 11 is 0. The van der Waals surface area contributed by atoms with Crippen LogP contribution in [-0.2, 0) is 9.59 Å². The number of hydrogen-bond donors (Lipinski definition) is 4. The van der Waals surface area contributed by atoms with Crippen LogP contribution in [0.4, 0.5) is 10.1 Å². The molecule has 1 rings (SSSR count). The Bertz CT molecular complexity index is 519. The molecule has 0 heterocycles. The van der Waals surface area contributed by atoms with Gasteiger partial charge in [0, 0.05) is 0 Å². The van der Waals surface area contributed by atoms with E-state index in [9.17, 15) is 18.8 Å². The van der Waals surface area contributed by atoms with Gasteiger partial charge in [0.1, 0.15) is 5.82 Å². The molecule has 0 unspecified atom stereocenters. The molecule has 2 amide bonds. The maximum absolute atomic E-state index is 13.5. The Morgan fingerprint density at radius 3 is 2.53 bits per heavy atom. The average Bonchev–Trinajstić information content (AvgIpc) is 2.38. The summed E-state index contributed by atoms with van der Waals surface area (Å²) in [7, 11) is 0. The van der Waals surface area contributed by atoms with Crippen LogP contribution in [0.5, 0.6) is 0 Å². The Hall–Kier alpha value is -2.48. The molecular formula is C11H12FN3O4. The Labute approximate surface area is 107 Å². The first-order chi connectivity index (χ1) is 8.95. The van der Waals surface area contributed by atoms with Gasteiger partial charge < -0.3 is 21.5 Å². The van der Waals surface area contributed by atoms with Gasteiger partial charge in [0.2, 0.25) is 11.8 Å². The molecule has 0 saturated heterocycles. The number of nitrogens with one attached hydrogen (secondary N) is 2. The number of aromatic carboxylic acids is 1. The van der Waals surface area contributed by atoms with Crippen LogP contribution < -0.4 is 16.4 Å². The molecule has 0 aliphatic carbocycles. The van der Waals surface area contributed by atoms with E-state index in [1.54, 1.807) is 0 Å². The molecule has 5 N–H and O–H groups in total. The molecule has 0 saturated carbocycles. The van der Waals surface area contributed by atoms with E-state index in [2.05, 4.69) is 10.6 Å². The molecule has 0 aliphatic heterocycles. The summed E-state index contributed by atoms with van der Waals surface area (Å²) in [5.74, 6) is -3.56. The topological polar surface area (TPSA) is 122 Å². The third-order valence-corrected chi connectivity index (χ3v) is 2.14. The molecule has 1 aromatic carbocycles. The van der Waals surface area contributed by atoms with Crippen molar-refractivity contribution in [2.75, 3.05) is 18.4 Å². The fraction of sp³-hybridized carbons (Fsp3) is 0.182. The molecule has 1 aromatic rings. The lowest BCUT2D eigenvalue weighted by molar-refractivity contribution is -0.123. The summed E-state index contributed by atoms with van der Waals surface area (Å²) in [6, 6.07) is 3.38. The Balaban J connectivity index is 2.79. The number of para-hydroxylation sites is 1. The molecule has 7 nitrogen and oxygen atoms in total. The first-order valence-corrected chi connectivity index (χ1v) is 5.24. The molecule has 0 radical (unpaired) electrons. The van der Waals surface area contributed by atoms with E-state index in [-0.39, 0.29) is 12.1 Å². The van der Waals surface area contributed by atoms with E-state index in [0.29, 0.717) is 0 Å². The van der Waals surface area contributed by atoms with Gasteiger partial charge in [0.25, 0.3) is 0 Å². The number of nitrogens with two attached hydrogens (primary N) is 1. The molecule has 0 aromatic heterocycles. The molecule has 0 atom stereocenters. The normalized spacial score (nSPS) is 9.79. The number of anilines is 1. The molecule has 0 aliphatic rings. The van der Waals surface area contributed by atoms with Gasteiger partial charge in [-0.1, -0.05) is 6.07 Å². The third kappa shape index (κ3) is 4.03. The van der Waals surface area contributed by atoms with Gasteiger partial charge in [-0.15, -0.1) is 0 Å². The number of carbonyl (C=O) groups is 3. The lowest BCUT2D eigenvalue weighted by Crippen LogP contribution is -2.36. The van der Waals surface area contributed by atoms with Crippen molar-refractivity contribution in [3.05, 3.63) is 29.6 Å². The first-order valence-electron chi connectivity index (χ1n) is 5.24. The predicted molar refractivity (Wildman–Crippen MR) is 64.1 cm³/mol. The quantitative estimate of drug-likeness (QED) is 0.576. The molecule has 0 spiro atoms. The van der Waals surface area contributed by atoms with Gasteiger partial charge >= 0.3 is 5.97 Å². The fourth-order valence-electron chi connectivity index (χ4n) is 1.26. The largest absolute Gasteiger partial charge is 0.478 e. The molecule has 8 heteroatoms. The Morgan fingerprint density at radius 2 is 1.95 bits per heavy atom. The molecule has 102 valence electrons. The van der Waals surface area contributed by atoms with Crippen molar-refractivity contribution in [2.45, 2.75) is 0 Å². The van der Waals surface area contributed by atoms with Gasteiger partial charge in [-0.05, 0) is 12.1 Å². The van der Waals surface area contributed by atoms with Crippen molar-refractivity contribution in [2.24, 2.45) is 5.73 Å². The minimum Gasteiger partial charge on any atom is -0.478 e. The number of amides is 2. The van der Waals surface area contributed by atoms with Gasteiger partial charge in [-0.25, -0.2) is 9.18 Å². The van der Waals surface area contributed by atoms with Crippen molar-refractivity contribution in [3.8, 4) is 0 Å². The monoisotopic (exact) mass is 269 g/mol. The molecule has 0 fully saturated rings. The van der Waals surface area contributed by atoms with E-state index in [1.807, 2.05) is 0 Å². The van der Waals surface area contributed by atoms with Gasteiger partial charge in [-0.2, -0.15) is 0 Å². The van der Waals surface area contributed by atoms with E-state index in [0.717, 1.165) is 12.1 Å². The Kier molecular flexibility index (Phi) is 4.95. The van der Waals surface area contributed by atoms with Crippen molar-refractivity contribution >= 4 is 23.5 Å². The van der Waals surface area contributed by atoms with Crippen LogP contribution in [0.2, 0.25) is 0 Å². The van der Waals surface area contributed by atoms with Crippen LogP contribution in [0.25, 0.3) is 0 Å². The summed E-state index contributed by atoms with van der Waals surface area (Å²) in [5, 5.41) is 13.1. The maximum Gasteiger partial charge on any atom is 0.337 e. The molecule has 0 bridgehead atoms. The van der Waals surface area contributed by atoms with E-state index in [4.69, 9.17) is 10.8 Å². The lowest BCUT2D eigenvalue weighted by atomic mass is 10.1. The number of hydrogen-bond acceptors (Lipinski definition) is 4. The zero-order valence-electron chi connectivity index (χ0n) is 9.77. The van der Waals surface area contributed by atoms with Crippen LogP contribution >= 0.6 is 0 Å². The minimum absolute atomic E-state index is 0.284. The summed E-state index contributed by atoms with van der Waals surface area (Å²) < 4.78 is 13.5. The minimum atomic E-state index is -1.37. The van der Waals surface area contributed by atoms with Gasteiger partial charge in [0.05, 0.1) is 24.3 Å². The van der Waals surface area contributed by atoms with Crippen LogP contribution in [0.1, 0.15) is 10.4 Å². The van der Waals surface area contributed by atoms with Gasteiger partial charge in [-0.3, -0.25) is 9.59 Å². The SMILES string of the molecule is NCC(=O)NCC(=O)Nc1c(F)cccc1C(=O)O. The van der Waals surface area contributed by atoms with Crippen LogP contribution in [-0.4, -0.2) is 36.0 Å². The van der Waals surface area contributed by atoms with Crippen LogP contribution in [0.3, 0.4) is 0 Å². The predicted octanol–water partition coefficient (Wildman–Crippen LogP) is -0.463. The standard InChI is InChI=1S/C11H12FN3O4/c12-7-3-1-2-6(11(18)19)10(7)15-9(17)5-14-8(16)4-13/h1-3H,4-5,13H2,(H,14,16)(H,15,17)(H,18,19). The number of carbonyl (C=O) groups excluding carboxylic acids is 2. The number of halogens is 1. The molecular weight excluding hydrogens is 257 g/mol. The lowest BCUT2D eigenvalue weighted by Gasteiger charge is -2.09. The second kappa shape index (κ2) is 6.45. The highest BCUT2D eigenvalue weighted by Crippen LogP contribution is 2.19. The van der Waals surface area contributed by atoms with Crippen molar-refractivity contribution in [3.63, 3.8) is 0 Å². The highest BCUT2D eigenvalue weighted by atomic mass is 19.1. The summed E-state index contributed by atoms with van der Waals surface area (Å²) in [6.07, 6.45) is 0. The van der Waals surface area contributed by atoms with Crippen LogP contribution in [0.15, 0.2) is 18.2 Å². The van der Waals surface area contributed by atoms with Crippen molar-refractivity contribution in [1.29, 1.82) is 0 Å². The van der Waals surface area contributed by atoms with E-state index < -0.39 is 35.8 Å². The summed E-state index contributed by atoms with van der Waals surface area (Å²) in [6.45, 7) is -0.712. The first kappa shape index (κ1) is 14.6. The van der Waals surface area contributed by atoms with Crippen LogP contribution in [0, 0.1) is 5.82 Å². The second-order valence-electron chi connectivity index (χ2n) is 3.50. The summed E-state index contributed by atoms with van der Waals surface area (Å²) in [5.41, 5.74) is 4.20. The van der Waals surface area contributed by atoms with Crippen molar-refractivity contribution in [1.82, 2.24) is 5.32 Å². The summed E-state index contributed by atoms with van der Waals surface area (Å²) in [4.78, 5) is 33.1. The maximum atomic E-state index is 13.5. The van der Waals surface area contributed by atoms with E-state index in [1.165, 1.54) is 6.07 Å². The van der Waals surface area contributed by atoms with Crippen molar-refractivity contribution < 1.29 is 23.9 Å². The number of benzene rings is 1. The average molecular weight is 269 g/mol. The fourth-order valence-corrected chi connectivity index (χ4v) is 1.26. The van der Waals surface area contributed by atoms with Gasteiger partial charge in [0.15, 0.2) is 0 Å². The number of carboxylic acid groups (broad SMARTS) is 1. The zero-order valence-corrected chi connectivity index (χ0v) is 9.77. The Morgan fingerprint density at radius 1 is 1.26 bits per heavy atom.